The van der Waals surface area contributed by atoms with E-state index in [0.29, 0.717) is 11.6 Å². The molecule has 9 heteroatoms. The smallest absolute Gasteiger partial charge is 0.344 e. The molecule has 0 aliphatic heterocycles. The molecule has 1 heterocycles. The third-order valence-electron chi connectivity index (χ3n) is 2.97. The summed E-state index contributed by atoms with van der Waals surface area (Å²) in [5, 5.41) is 10.8. The summed E-state index contributed by atoms with van der Waals surface area (Å²) < 4.78 is 12.6. The van der Waals surface area contributed by atoms with E-state index in [9.17, 15) is 14.9 Å². The van der Waals surface area contributed by atoms with Gasteiger partial charge in [-0.1, -0.05) is 15.9 Å². The van der Waals surface area contributed by atoms with Gasteiger partial charge in [-0.05, 0) is 29.2 Å². The Morgan fingerprint density at radius 3 is 2.74 bits per heavy atom. The summed E-state index contributed by atoms with van der Waals surface area (Å²) >= 11 is 3.30. The highest BCUT2D eigenvalue weighted by Gasteiger charge is 2.17. The van der Waals surface area contributed by atoms with Crippen molar-refractivity contribution in [1.82, 2.24) is 9.55 Å². The second kappa shape index (κ2) is 7.73. The summed E-state index contributed by atoms with van der Waals surface area (Å²) in [5.74, 6) is 0.350. The number of carbonyl (C=O) groups is 1. The quantitative estimate of drug-likeness (QED) is 0.413. The first kappa shape index (κ1) is 16.9. The Morgan fingerprint density at radius 2 is 2.09 bits per heavy atom. The van der Waals surface area contributed by atoms with Crippen LogP contribution in [-0.4, -0.2) is 33.7 Å². The molecule has 0 aliphatic rings. The van der Waals surface area contributed by atoms with Crippen LogP contribution in [0.1, 0.15) is 5.82 Å². The predicted molar refractivity (Wildman–Crippen MR) is 84.2 cm³/mol. The lowest BCUT2D eigenvalue weighted by Gasteiger charge is -2.07. The van der Waals surface area contributed by atoms with E-state index in [4.69, 9.17) is 9.47 Å². The van der Waals surface area contributed by atoms with E-state index < -0.39 is 10.9 Å². The third-order valence-corrected chi connectivity index (χ3v) is 3.50. The molecule has 1 aromatic heterocycles. The standard InChI is InChI=1S/C14H14BrN3O5/c1-10-16-8-13(18(20)21)17(10)6-7-22-14(19)9-23-12-4-2-11(15)3-5-12/h2-5,8H,6-7,9H2,1H3. The minimum absolute atomic E-state index is 0.000567. The number of ether oxygens (including phenoxy) is 2. The summed E-state index contributed by atoms with van der Waals surface area (Å²) in [7, 11) is 0. The SMILES string of the molecule is Cc1ncc([N+](=O)[O-])n1CCOC(=O)COc1ccc(Br)cc1. The molecule has 23 heavy (non-hydrogen) atoms. The van der Waals surface area contributed by atoms with E-state index in [1.807, 2.05) is 0 Å². The maximum atomic E-state index is 11.6. The summed E-state index contributed by atoms with van der Waals surface area (Å²) in [6, 6.07) is 7.02. The van der Waals surface area contributed by atoms with E-state index >= 15 is 0 Å². The average Bonchev–Trinajstić information content (AvgIpc) is 2.88. The predicted octanol–water partition coefficient (Wildman–Crippen LogP) is 2.48. The molecule has 2 rings (SSSR count). The Bertz CT molecular complexity index is 699. The summed E-state index contributed by atoms with van der Waals surface area (Å²) in [6.07, 6.45) is 1.17. The number of nitrogens with zero attached hydrogens (tertiary/aromatic N) is 3. The molecular formula is C14H14BrN3O5. The Labute approximate surface area is 140 Å². The average molecular weight is 384 g/mol. The third kappa shape index (κ3) is 4.78. The fraction of sp³-hybridized carbons (Fsp3) is 0.286. The minimum atomic E-state index is -0.548. The van der Waals surface area contributed by atoms with Crippen molar-refractivity contribution in [1.29, 1.82) is 0 Å². The van der Waals surface area contributed by atoms with Crippen LogP contribution in [0.15, 0.2) is 34.9 Å². The van der Waals surface area contributed by atoms with Crippen LogP contribution in [0.25, 0.3) is 0 Å². The highest BCUT2D eigenvalue weighted by atomic mass is 79.9. The van der Waals surface area contributed by atoms with Crippen LogP contribution in [0.3, 0.4) is 0 Å². The van der Waals surface area contributed by atoms with Crippen LogP contribution in [0.5, 0.6) is 5.75 Å². The second-order valence-corrected chi connectivity index (χ2v) is 5.45. The van der Waals surface area contributed by atoms with Gasteiger partial charge in [-0.15, -0.1) is 0 Å². The highest BCUT2D eigenvalue weighted by molar-refractivity contribution is 9.10. The van der Waals surface area contributed by atoms with Gasteiger partial charge in [-0.3, -0.25) is 0 Å². The Hall–Kier alpha value is -2.42. The highest BCUT2D eigenvalue weighted by Crippen LogP contribution is 2.16. The maximum absolute atomic E-state index is 11.6. The Morgan fingerprint density at radius 1 is 1.39 bits per heavy atom. The molecule has 122 valence electrons. The van der Waals surface area contributed by atoms with E-state index in [0.717, 1.165) is 4.47 Å². The first-order valence-electron chi connectivity index (χ1n) is 6.68. The number of halogens is 1. The summed E-state index contributed by atoms with van der Waals surface area (Å²) in [4.78, 5) is 25.8. The molecule has 0 unspecified atom stereocenters. The van der Waals surface area contributed by atoms with Crippen LogP contribution in [-0.2, 0) is 16.1 Å². The first-order valence-corrected chi connectivity index (χ1v) is 7.47. The molecule has 0 aliphatic carbocycles. The van der Waals surface area contributed by atoms with Gasteiger partial charge in [0.25, 0.3) is 0 Å². The molecule has 0 spiro atoms. The number of nitro groups is 1. The van der Waals surface area contributed by atoms with Crippen molar-refractivity contribution in [2.75, 3.05) is 13.2 Å². The van der Waals surface area contributed by atoms with Crippen LogP contribution in [0.4, 0.5) is 5.82 Å². The van der Waals surface area contributed by atoms with Crippen LogP contribution >= 0.6 is 15.9 Å². The summed E-state index contributed by atoms with van der Waals surface area (Å²) in [5.41, 5.74) is 0. The van der Waals surface area contributed by atoms with Crippen molar-refractivity contribution in [3.63, 3.8) is 0 Å². The van der Waals surface area contributed by atoms with Crippen molar-refractivity contribution < 1.29 is 19.2 Å². The van der Waals surface area contributed by atoms with E-state index in [-0.39, 0.29) is 25.6 Å². The van der Waals surface area contributed by atoms with Gasteiger partial charge in [-0.25, -0.2) is 14.3 Å². The molecule has 2 aromatic rings. The molecule has 0 radical (unpaired) electrons. The van der Waals surface area contributed by atoms with Crippen molar-refractivity contribution >= 4 is 27.7 Å². The molecule has 0 saturated heterocycles. The molecule has 8 nitrogen and oxygen atoms in total. The van der Waals surface area contributed by atoms with Crippen molar-refractivity contribution in [3.8, 4) is 5.75 Å². The maximum Gasteiger partial charge on any atom is 0.344 e. The van der Waals surface area contributed by atoms with Crippen LogP contribution < -0.4 is 4.74 Å². The monoisotopic (exact) mass is 383 g/mol. The molecule has 0 fully saturated rings. The van der Waals surface area contributed by atoms with Gasteiger partial charge in [0.2, 0.25) is 0 Å². The number of hydrogen-bond donors (Lipinski definition) is 0. The van der Waals surface area contributed by atoms with E-state index in [1.54, 1.807) is 31.2 Å². The van der Waals surface area contributed by atoms with Crippen molar-refractivity contribution in [3.05, 3.63) is 50.9 Å². The molecule has 0 amide bonds. The number of carbonyl (C=O) groups excluding carboxylic acids is 1. The number of imidazole rings is 1. The van der Waals surface area contributed by atoms with Gasteiger partial charge in [0.1, 0.15) is 25.1 Å². The largest absolute Gasteiger partial charge is 0.482 e. The number of aryl methyl sites for hydroxylation is 1. The molecule has 0 N–H and O–H groups in total. The van der Waals surface area contributed by atoms with Crippen molar-refractivity contribution in [2.45, 2.75) is 13.5 Å². The first-order chi connectivity index (χ1) is 11.0. The lowest BCUT2D eigenvalue weighted by molar-refractivity contribution is -0.392. The molecule has 0 saturated carbocycles. The lowest BCUT2D eigenvalue weighted by Crippen LogP contribution is -2.18. The topological polar surface area (TPSA) is 96.5 Å². The lowest BCUT2D eigenvalue weighted by atomic mass is 10.3. The van der Waals surface area contributed by atoms with Gasteiger partial charge in [0.05, 0.1) is 0 Å². The minimum Gasteiger partial charge on any atom is -0.482 e. The normalized spacial score (nSPS) is 10.3. The number of esters is 1. The number of rotatable bonds is 7. The van der Waals surface area contributed by atoms with E-state index in [1.165, 1.54) is 10.8 Å². The fourth-order valence-electron chi connectivity index (χ4n) is 1.84. The number of aromatic nitrogens is 2. The van der Waals surface area contributed by atoms with Crippen LogP contribution in [0.2, 0.25) is 0 Å². The van der Waals surface area contributed by atoms with Gasteiger partial charge >= 0.3 is 11.8 Å². The molecular weight excluding hydrogens is 370 g/mol. The molecule has 0 atom stereocenters. The molecule has 1 aromatic carbocycles. The summed E-state index contributed by atoms with van der Waals surface area (Å²) in [6.45, 7) is 1.57. The Kier molecular flexibility index (Phi) is 5.69. The van der Waals surface area contributed by atoms with Crippen LogP contribution in [0, 0.1) is 17.0 Å². The number of benzene rings is 1. The van der Waals surface area contributed by atoms with Gasteiger partial charge in [-0.2, -0.15) is 0 Å². The Balaban J connectivity index is 1.78. The van der Waals surface area contributed by atoms with Gasteiger partial charge in [0, 0.05) is 11.4 Å². The number of hydrogen-bond acceptors (Lipinski definition) is 6. The van der Waals surface area contributed by atoms with Gasteiger partial charge < -0.3 is 19.6 Å². The molecule has 0 bridgehead atoms. The second-order valence-electron chi connectivity index (χ2n) is 4.54. The van der Waals surface area contributed by atoms with Gasteiger partial charge in [0.15, 0.2) is 12.4 Å². The zero-order valence-corrected chi connectivity index (χ0v) is 13.9. The zero-order valence-electron chi connectivity index (χ0n) is 12.3. The zero-order chi connectivity index (χ0) is 16.8. The van der Waals surface area contributed by atoms with Crippen molar-refractivity contribution in [2.24, 2.45) is 0 Å². The fourth-order valence-corrected chi connectivity index (χ4v) is 2.11. The van der Waals surface area contributed by atoms with E-state index in [2.05, 4.69) is 20.9 Å².